The number of fused-ring (bicyclic) bond motifs is 6. The van der Waals surface area contributed by atoms with E-state index in [0.717, 1.165) is 50.0 Å². The molecule has 3 heteroatoms. The Balaban J connectivity index is 1.25. The van der Waals surface area contributed by atoms with Crippen molar-refractivity contribution in [2.75, 3.05) is 0 Å². The van der Waals surface area contributed by atoms with Crippen LogP contribution in [0.1, 0.15) is 23.6 Å². The standard InChI is InChI=1S/C42H28N2O/c1-42(30-14-6-3-7-15-30)35-18-10-8-16-31(35)32-22-20-29(25-36(32)42)38-26-37(43-41(44-38)27-12-4-2-5-13-27)28-21-23-40-34(24-28)33-17-9-11-19-39(33)45-40/h2-26H,1H3. The van der Waals surface area contributed by atoms with Crippen molar-refractivity contribution in [1.29, 1.82) is 0 Å². The van der Waals surface area contributed by atoms with Gasteiger partial charge in [0.1, 0.15) is 11.2 Å². The van der Waals surface area contributed by atoms with Gasteiger partial charge < -0.3 is 4.42 Å². The highest BCUT2D eigenvalue weighted by molar-refractivity contribution is 6.06. The Hall–Kier alpha value is -5.80. The summed E-state index contributed by atoms with van der Waals surface area (Å²) in [6.07, 6.45) is 0. The van der Waals surface area contributed by atoms with E-state index in [4.69, 9.17) is 14.4 Å². The summed E-state index contributed by atoms with van der Waals surface area (Å²) < 4.78 is 6.12. The molecule has 3 nitrogen and oxygen atoms in total. The molecule has 6 aromatic carbocycles. The van der Waals surface area contributed by atoms with Crippen molar-refractivity contribution in [3.8, 4) is 45.0 Å². The SMILES string of the molecule is CC1(c2ccccc2)c2ccccc2-c2ccc(-c3cc(-c4ccc5oc6ccccc6c5c4)nc(-c4ccccc4)n3)cc21. The zero-order chi connectivity index (χ0) is 30.0. The minimum absolute atomic E-state index is 0.283. The van der Waals surface area contributed by atoms with Crippen molar-refractivity contribution in [3.05, 3.63) is 168 Å². The molecule has 45 heavy (non-hydrogen) atoms. The molecule has 1 aliphatic carbocycles. The maximum absolute atomic E-state index is 6.12. The van der Waals surface area contributed by atoms with Gasteiger partial charge in [0.25, 0.3) is 0 Å². The first kappa shape index (κ1) is 25.7. The molecule has 0 spiro atoms. The molecule has 0 aliphatic heterocycles. The highest BCUT2D eigenvalue weighted by Gasteiger charge is 2.40. The van der Waals surface area contributed by atoms with E-state index in [2.05, 4.69) is 122 Å². The molecule has 0 saturated heterocycles. The van der Waals surface area contributed by atoms with Gasteiger partial charge in [-0.1, -0.05) is 115 Å². The van der Waals surface area contributed by atoms with Gasteiger partial charge in [0.05, 0.1) is 11.4 Å². The van der Waals surface area contributed by atoms with Crippen molar-refractivity contribution >= 4 is 21.9 Å². The summed E-state index contributed by atoms with van der Waals surface area (Å²) in [4.78, 5) is 10.3. The van der Waals surface area contributed by atoms with Crippen LogP contribution in [0.4, 0.5) is 0 Å². The van der Waals surface area contributed by atoms with Crippen LogP contribution in [0.15, 0.2) is 156 Å². The molecule has 0 radical (unpaired) electrons. The topological polar surface area (TPSA) is 38.9 Å². The summed E-state index contributed by atoms with van der Waals surface area (Å²) in [6, 6.07) is 53.3. The Morgan fingerprint density at radius 3 is 1.91 bits per heavy atom. The van der Waals surface area contributed by atoms with Crippen LogP contribution in [0.3, 0.4) is 0 Å². The Kier molecular flexibility index (Phi) is 5.63. The Morgan fingerprint density at radius 2 is 1.09 bits per heavy atom. The normalized spacial score (nSPS) is 15.3. The van der Waals surface area contributed by atoms with Crippen molar-refractivity contribution in [2.24, 2.45) is 0 Å². The second-order valence-electron chi connectivity index (χ2n) is 11.9. The lowest BCUT2D eigenvalue weighted by molar-refractivity contribution is 0.669. The van der Waals surface area contributed by atoms with E-state index in [-0.39, 0.29) is 5.41 Å². The summed E-state index contributed by atoms with van der Waals surface area (Å²) in [6.45, 7) is 2.35. The molecule has 1 atom stereocenters. The molecule has 1 unspecified atom stereocenters. The van der Waals surface area contributed by atoms with E-state index in [1.807, 2.05) is 36.4 Å². The number of aromatic nitrogens is 2. The number of furan rings is 1. The van der Waals surface area contributed by atoms with Gasteiger partial charge >= 0.3 is 0 Å². The molecule has 8 aromatic rings. The van der Waals surface area contributed by atoms with Crippen LogP contribution < -0.4 is 0 Å². The van der Waals surface area contributed by atoms with Crippen LogP contribution in [0.25, 0.3) is 67.0 Å². The fourth-order valence-electron chi connectivity index (χ4n) is 7.08. The molecule has 0 saturated carbocycles. The summed E-state index contributed by atoms with van der Waals surface area (Å²) in [5, 5.41) is 2.18. The molecule has 1 aliphatic rings. The maximum Gasteiger partial charge on any atom is 0.160 e. The largest absolute Gasteiger partial charge is 0.456 e. The van der Waals surface area contributed by atoms with Crippen LogP contribution >= 0.6 is 0 Å². The van der Waals surface area contributed by atoms with Gasteiger partial charge in [0, 0.05) is 32.9 Å². The third-order valence-corrected chi connectivity index (χ3v) is 9.39. The highest BCUT2D eigenvalue weighted by Crippen LogP contribution is 2.53. The summed E-state index contributed by atoms with van der Waals surface area (Å²) in [7, 11) is 0. The first-order valence-corrected chi connectivity index (χ1v) is 15.3. The summed E-state index contributed by atoms with van der Waals surface area (Å²) in [5.74, 6) is 0.704. The van der Waals surface area contributed by atoms with Gasteiger partial charge in [0.15, 0.2) is 5.82 Å². The molecule has 0 N–H and O–H groups in total. The Bertz CT molecular complexity index is 2390. The smallest absolute Gasteiger partial charge is 0.160 e. The molecular weight excluding hydrogens is 548 g/mol. The van der Waals surface area contributed by atoms with Gasteiger partial charge in [-0.3, -0.25) is 0 Å². The molecule has 0 amide bonds. The van der Waals surface area contributed by atoms with Crippen LogP contribution in [0.5, 0.6) is 0 Å². The minimum Gasteiger partial charge on any atom is -0.456 e. The van der Waals surface area contributed by atoms with Gasteiger partial charge in [-0.15, -0.1) is 0 Å². The van der Waals surface area contributed by atoms with Crippen molar-refractivity contribution in [2.45, 2.75) is 12.3 Å². The molecule has 2 heterocycles. The monoisotopic (exact) mass is 576 g/mol. The molecule has 2 aromatic heterocycles. The van der Waals surface area contributed by atoms with E-state index < -0.39 is 0 Å². The molecule has 9 rings (SSSR count). The zero-order valence-electron chi connectivity index (χ0n) is 24.7. The average molecular weight is 577 g/mol. The van der Waals surface area contributed by atoms with E-state index in [9.17, 15) is 0 Å². The molecular formula is C42H28N2O. The predicted octanol–water partition coefficient (Wildman–Crippen LogP) is 10.7. The highest BCUT2D eigenvalue weighted by atomic mass is 16.3. The lowest BCUT2D eigenvalue weighted by Gasteiger charge is -2.28. The Morgan fingerprint density at radius 1 is 0.467 bits per heavy atom. The number of benzene rings is 6. The van der Waals surface area contributed by atoms with E-state index >= 15 is 0 Å². The summed E-state index contributed by atoms with van der Waals surface area (Å²) in [5.41, 5.74) is 12.8. The number of hydrogen-bond acceptors (Lipinski definition) is 3. The van der Waals surface area contributed by atoms with Crippen LogP contribution in [0, 0.1) is 0 Å². The van der Waals surface area contributed by atoms with Gasteiger partial charge in [-0.2, -0.15) is 0 Å². The number of hydrogen-bond donors (Lipinski definition) is 0. The second kappa shape index (κ2) is 9.87. The van der Waals surface area contributed by atoms with Crippen LogP contribution in [-0.2, 0) is 5.41 Å². The van der Waals surface area contributed by atoms with Crippen LogP contribution in [-0.4, -0.2) is 9.97 Å². The molecule has 0 fully saturated rings. The fraction of sp³-hybridized carbons (Fsp3) is 0.0476. The number of para-hydroxylation sites is 1. The lowest BCUT2D eigenvalue weighted by atomic mass is 9.74. The fourth-order valence-corrected chi connectivity index (χ4v) is 7.08. The Labute approximate surface area is 261 Å². The minimum atomic E-state index is -0.283. The summed E-state index contributed by atoms with van der Waals surface area (Å²) >= 11 is 0. The van der Waals surface area contributed by atoms with Gasteiger partial charge in [-0.05, 0) is 71.1 Å². The first-order chi connectivity index (χ1) is 22.2. The third kappa shape index (κ3) is 3.98. The van der Waals surface area contributed by atoms with E-state index in [1.165, 1.54) is 27.8 Å². The quantitative estimate of drug-likeness (QED) is 0.209. The van der Waals surface area contributed by atoms with Crippen molar-refractivity contribution in [3.63, 3.8) is 0 Å². The van der Waals surface area contributed by atoms with Crippen LogP contribution in [0.2, 0.25) is 0 Å². The lowest BCUT2D eigenvalue weighted by Crippen LogP contribution is -2.22. The predicted molar refractivity (Wildman–Crippen MR) is 183 cm³/mol. The van der Waals surface area contributed by atoms with E-state index in [1.54, 1.807) is 0 Å². The molecule has 212 valence electrons. The first-order valence-electron chi connectivity index (χ1n) is 15.3. The van der Waals surface area contributed by atoms with Crippen molar-refractivity contribution < 1.29 is 4.42 Å². The van der Waals surface area contributed by atoms with E-state index in [0.29, 0.717) is 5.82 Å². The second-order valence-corrected chi connectivity index (χ2v) is 11.9. The van der Waals surface area contributed by atoms with Gasteiger partial charge in [0.2, 0.25) is 0 Å². The van der Waals surface area contributed by atoms with Crippen molar-refractivity contribution in [1.82, 2.24) is 9.97 Å². The third-order valence-electron chi connectivity index (χ3n) is 9.39. The number of rotatable bonds is 4. The molecule has 0 bridgehead atoms. The number of nitrogens with zero attached hydrogens (tertiary/aromatic N) is 2. The zero-order valence-corrected chi connectivity index (χ0v) is 24.7. The average Bonchev–Trinajstić information content (AvgIpc) is 3.61. The maximum atomic E-state index is 6.12. The van der Waals surface area contributed by atoms with Gasteiger partial charge in [-0.25, -0.2) is 9.97 Å².